The molecule has 5 heteroatoms. The van der Waals surface area contributed by atoms with Crippen molar-refractivity contribution in [1.29, 1.82) is 0 Å². The van der Waals surface area contributed by atoms with Crippen LogP contribution in [0.3, 0.4) is 0 Å². The average Bonchev–Trinajstić information content (AvgIpc) is 2.36. The van der Waals surface area contributed by atoms with E-state index in [1.165, 1.54) is 7.11 Å². The van der Waals surface area contributed by atoms with Crippen LogP contribution >= 0.6 is 11.6 Å². The minimum atomic E-state index is -0.380. The second-order valence-corrected chi connectivity index (χ2v) is 5.11. The molecule has 1 rings (SSSR count). The van der Waals surface area contributed by atoms with Crippen molar-refractivity contribution in [1.82, 2.24) is 0 Å². The lowest BCUT2D eigenvalue weighted by atomic mass is 10.0. The molecule has 1 atom stereocenters. The number of carbonyl (C=O) groups excluding carboxylic acids is 1. The topological polar surface area (TPSA) is 47.6 Å². The quantitative estimate of drug-likeness (QED) is 0.814. The Morgan fingerprint density at radius 2 is 2.05 bits per heavy atom. The maximum atomic E-state index is 11.7. The van der Waals surface area contributed by atoms with Crippen LogP contribution in [0.2, 0.25) is 5.02 Å². The molecule has 1 aromatic carbocycles. The molecule has 0 aromatic heterocycles. The largest absolute Gasteiger partial charge is 0.495 e. The number of hydrogen-bond acceptors (Lipinski definition) is 4. The zero-order chi connectivity index (χ0) is 14.4. The van der Waals surface area contributed by atoms with Crippen LogP contribution in [0.15, 0.2) is 18.2 Å². The predicted octanol–water partition coefficient (Wildman–Crippen LogP) is 3.35. The predicted molar refractivity (Wildman–Crippen MR) is 76.9 cm³/mol. The van der Waals surface area contributed by atoms with E-state index in [2.05, 4.69) is 19.2 Å². The van der Waals surface area contributed by atoms with Crippen LogP contribution in [-0.4, -0.2) is 26.2 Å². The van der Waals surface area contributed by atoms with Crippen LogP contribution in [0, 0.1) is 5.92 Å². The second kappa shape index (κ2) is 7.24. The average molecular weight is 286 g/mol. The van der Waals surface area contributed by atoms with E-state index in [0.29, 0.717) is 23.1 Å². The molecule has 1 unspecified atom stereocenters. The van der Waals surface area contributed by atoms with Gasteiger partial charge in [0.05, 0.1) is 19.2 Å². The Morgan fingerprint density at radius 3 is 2.53 bits per heavy atom. The number of benzene rings is 1. The summed E-state index contributed by atoms with van der Waals surface area (Å²) in [5.74, 6) is 0.705. The maximum Gasteiger partial charge on any atom is 0.328 e. The van der Waals surface area contributed by atoms with Gasteiger partial charge in [0.15, 0.2) is 0 Å². The number of rotatable bonds is 6. The van der Waals surface area contributed by atoms with Crippen molar-refractivity contribution in [3.63, 3.8) is 0 Å². The van der Waals surface area contributed by atoms with Gasteiger partial charge in [0.25, 0.3) is 0 Å². The summed E-state index contributed by atoms with van der Waals surface area (Å²) in [5, 5.41) is 3.64. The van der Waals surface area contributed by atoms with Crippen LogP contribution < -0.4 is 10.1 Å². The molecule has 1 N–H and O–H groups in total. The molecule has 0 fully saturated rings. The number of esters is 1. The second-order valence-electron chi connectivity index (χ2n) is 4.70. The Hall–Kier alpha value is -1.42. The Kier molecular flexibility index (Phi) is 5.96. The summed E-state index contributed by atoms with van der Waals surface area (Å²) in [6.45, 7) is 4.11. The lowest BCUT2D eigenvalue weighted by Gasteiger charge is -2.19. The van der Waals surface area contributed by atoms with Gasteiger partial charge >= 0.3 is 5.97 Å². The highest BCUT2D eigenvalue weighted by Gasteiger charge is 2.20. The first kappa shape index (κ1) is 15.6. The molecule has 106 valence electrons. The number of carbonyl (C=O) groups is 1. The van der Waals surface area contributed by atoms with Gasteiger partial charge in [-0.1, -0.05) is 25.4 Å². The standard InChI is InChI=1S/C14H20ClNO3/c1-9(2)7-12(14(17)19-4)16-10-5-6-13(18-3)11(15)8-10/h5-6,8-9,12,16H,7H2,1-4H3. The summed E-state index contributed by atoms with van der Waals surface area (Å²) in [7, 11) is 2.95. The van der Waals surface area contributed by atoms with Gasteiger partial charge < -0.3 is 14.8 Å². The highest BCUT2D eigenvalue weighted by Crippen LogP contribution is 2.28. The van der Waals surface area contributed by atoms with Crippen molar-refractivity contribution in [3.05, 3.63) is 23.2 Å². The van der Waals surface area contributed by atoms with Gasteiger partial charge in [-0.25, -0.2) is 4.79 Å². The monoisotopic (exact) mass is 285 g/mol. The molecule has 0 aliphatic carbocycles. The lowest BCUT2D eigenvalue weighted by Crippen LogP contribution is -2.32. The van der Waals surface area contributed by atoms with Crippen LogP contribution in [0.25, 0.3) is 0 Å². The van der Waals surface area contributed by atoms with Gasteiger partial charge in [0.2, 0.25) is 0 Å². The number of nitrogens with one attached hydrogen (secondary N) is 1. The van der Waals surface area contributed by atoms with E-state index in [9.17, 15) is 4.79 Å². The third-order valence-electron chi connectivity index (χ3n) is 2.69. The molecule has 0 saturated heterocycles. The molecule has 0 spiro atoms. The Labute approximate surface area is 119 Å². The van der Waals surface area contributed by atoms with Crippen LogP contribution in [0.1, 0.15) is 20.3 Å². The molecule has 0 heterocycles. The van der Waals surface area contributed by atoms with E-state index < -0.39 is 0 Å². The summed E-state index contributed by atoms with van der Waals surface area (Å²) >= 11 is 6.05. The molecule has 0 radical (unpaired) electrons. The number of methoxy groups -OCH3 is 2. The number of ether oxygens (including phenoxy) is 2. The molecule has 0 amide bonds. The van der Waals surface area contributed by atoms with Crippen LogP contribution in [-0.2, 0) is 9.53 Å². The van der Waals surface area contributed by atoms with E-state index in [0.717, 1.165) is 5.69 Å². The first-order valence-corrected chi connectivity index (χ1v) is 6.53. The SMILES string of the molecule is COC(=O)C(CC(C)C)Nc1ccc(OC)c(Cl)c1. The molecule has 4 nitrogen and oxygen atoms in total. The van der Waals surface area contributed by atoms with Gasteiger partial charge in [-0.15, -0.1) is 0 Å². The van der Waals surface area contributed by atoms with Gasteiger partial charge in [-0.3, -0.25) is 0 Å². The minimum Gasteiger partial charge on any atom is -0.495 e. The van der Waals surface area contributed by atoms with E-state index >= 15 is 0 Å². The summed E-state index contributed by atoms with van der Waals surface area (Å²) in [6.07, 6.45) is 0.691. The summed E-state index contributed by atoms with van der Waals surface area (Å²) in [4.78, 5) is 11.7. The fourth-order valence-corrected chi connectivity index (χ4v) is 2.04. The zero-order valence-electron chi connectivity index (χ0n) is 11.7. The Balaban J connectivity index is 2.83. The van der Waals surface area contributed by atoms with Crippen molar-refractivity contribution < 1.29 is 14.3 Å². The lowest BCUT2D eigenvalue weighted by molar-refractivity contribution is -0.141. The third-order valence-corrected chi connectivity index (χ3v) is 2.98. The molecular formula is C14H20ClNO3. The molecule has 0 aliphatic heterocycles. The van der Waals surface area contributed by atoms with Gasteiger partial charge in [-0.2, -0.15) is 0 Å². The molecule has 0 saturated carbocycles. The fourth-order valence-electron chi connectivity index (χ4n) is 1.79. The summed E-state index contributed by atoms with van der Waals surface area (Å²) in [5.41, 5.74) is 0.766. The third kappa shape index (κ3) is 4.63. The van der Waals surface area contributed by atoms with Crippen molar-refractivity contribution >= 4 is 23.3 Å². The maximum absolute atomic E-state index is 11.7. The number of anilines is 1. The first-order valence-electron chi connectivity index (χ1n) is 6.15. The molecule has 19 heavy (non-hydrogen) atoms. The molecule has 0 aliphatic rings. The smallest absolute Gasteiger partial charge is 0.328 e. The first-order chi connectivity index (χ1) is 8.97. The van der Waals surface area contributed by atoms with Gasteiger partial charge in [0.1, 0.15) is 11.8 Å². The van der Waals surface area contributed by atoms with E-state index in [1.54, 1.807) is 19.2 Å². The van der Waals surface area contributed by atoms with E-state index in [-0.39, 0.29) is 12.0 Å². The highest BCUT2D eigenvalue weighted by atomic mass is 35.5. The van der Waals surface area contributed by atoms with Crippen molar-refractivity contribution in [2.24, 2.45) is 5.92 Å². The highest BCUT2D eigenvalue weighted by molar-refractivity contribution is 6.32. The molecule has 1 aromatic rings. The van der Waals surface area contributed by atoms with Crippen LogP contribution in [0.4, 0.5) is 5.69 Å². The van der Waals surface area contributed by atoms with Gasteiger partial charge in [0, 0.05) is 5.69 Å². The zero-order valence-corrected chi connectivity index (χ0v) is 12.5. The van der Waals surface area contributed by atoms with E-state index in [4.69, 9.17) is 21.1 Å². The minimum absolute atomic E-state index is 0.277. The molecular weight excluding hydrogens is 266 g/mol. The van der Waals surface area contributed by atoms with E-state index in [1.807, 2.05) is 6.07 Å². The number of halogens is 1. The van der Waals surface area contributed by atoms with Crippen molar-refractivity contribution in [3.8, 4) is 5.75 Å². The van der Waals surface area contributed by atoms with Crippen molar-refractivity contribution in [2.45, 2.75) is 26.3 Å². The van der Waals surface area contributed by atoms with Gasteiger partial charge in [-0.05, 0) is 30.5 Å². The Bertz CT molecular complexity index is 435. The Morgan fingerprint density at radius 1 is 1.37 bits per heavy atom. The summed E-state index contributed by atoms with van der Waals surface area (Å²) in [6, 6.07) is 4.93. The fraction of sp³-hybridized carbons (Fsp3) is 0.500. The summed E-state index contributed by atoms with van der Waals surface area (Å²) < 4.78 is 9.89. The number of hydrogen-bond donors (Lipinski definition) is 1. The van der Waals surface area contributed by atoms with Crippen LogP contribution in [0.5, 0.6) is 5.75 Å². The molecule has 0 bridgehead atoms. The van der Waals surface area contributed by atoms with Crippen molar-refractivity contribution in [2.75, 3.05) is 19.5 Å². The normalized spacial score (nSPS) is 12.1.